The molecule has 0 spiro atoms. The predicted octanol–water partition coefficient (Wildman–Crippen LogP) is 1.55. The molecule has 0 amide bonds. The van der Waals surface area contributed by atoms with Crippen LogP contribution < -0.4 is 11.0 Å². The molecule has 0 unspecified atom stereocenters. The van der Waals surface area contributed by atoms with Gasteiger partial charge in [0.15, 0.2) is 11.2 Å². The zero-order valence-electron chi connectivity index (χ0n) is 9.49. The van der Waals surface area contributed by atoms with Gasteiger partial charge in [-0.15, -0.1) is 0 Å². The molecule has 1 aromatic heterocycles. The Morgan fingerprint density at radius 2 is 2.00 bits per heavy atom. The summed E-state index contributed by atoms with van der Waals surface area (Å²) in [6.45, 7) is 2.06. The van der Waals surface area contributed by atoms with Gasteiger partial charge in [-0.3, -0.25) is 9.59 Å². The molecule has 88 valence electrons. The van der Waals surface area contributed by atoms with Crippen molar-refractivity contribution < 1.29 is 5.11 Å². The van der Waals surface area contributed by atoms with Gasteiger partial charge in [-0.1, -0.05) is 19.4 Å². The molecule has 0 aliphatic heterocycles. The molecule has 0 aliphatic rings. The summed E-state index contributed by atoms with van der Waals surface area (Å²) < 4.78 is 0. The number of hydrogen-bond acceptors (Lipinski definition) is 3. The van der Waals surface area contributed by atoms with Gasteiger partial charge in [-0.2, -0.15) is 0 Å². The van der Waals surface area contributed by atoms with Crippen molar-refractivity contribution in [2.75, 3.05) is 0 Å². The number of aromatic nitrogens is 1. The second kappa shape index (κ2) is 4.41. The average molecular weight is 231 g/mol. The van der Waals surface area contributed by atoms with Crippen molar-refractivity contribution >= 4 is 10.9 Å². The van der Waals surface area contributed by atoms with Crippen molar-refractivity contribution in [1.82, 2.24) is 4.98 Å². The molecule has 0 radical (unpaired) electrons. The van der Waals surface area contributed by atoms with Crippen LogP contribution in [0.3, 0.4) is 0 Å². The van der Waals surface area contributed by atoms with Crippen LogP contribution in [0.2, 0.25) is 0 Å². The van der Waals surface area contributed by atoms with E-state index in [1.165, 1.54) is 0 Å². The van der Waals surface area contributed by atoms with Crippen LogP contribution in [0.25, 0.3) is 10.9 Å². The number of nitrogens with one attached hydrogen (secondary N) is 1. The molecule has 0 aliphatic carbocycles. The Morgan fingerprint density at radius 3 is 2.71 bits per heavy atom. The minimum Gasteiger partial charge on any atom is -0.503 e. The standard InChI is InChI=1S/C13H13NO3/c1-2-3-8-4-5-9-10(6-8)14-13(17)12(16)7-11(9)15/h4-7,16H,2-3H2,1H3,(H,14,17). The smallest absolute Gasteiger partial charge is 0.290 e. The maximum Gasteiger partial charge on any atom is 0.290 e. The lowest BCUT2D eigenvalue weighted by Crippen LogP contribution is -2.00. The molecule has 0 saturated carbocycles. The van der Waals surface area contributed by atoms with E-state index >= 15 is 0 Å². The highest BCUT2D eigenvalue weighted by molar-refractivity contribution is 5.78. The molecule has 17 heavy (non-hydrogen) atoms. The fraction of sp³-hybridized carbons (Fsp3) is 0.231. The van der Waals surface area contributed by atoms with Crippen LogP contribution in [0.5, 0.6) is 5.75 Å². The fourth-order valence-electron chi connectivity index (χ4n) is 1.81. The molecule has 2 rings (SSSR count). The van der Waals surface area contributed by atoms with Crippen molar-refractivity contribution in [3.8, 4) is 5.75 Å². The fourth-order valence-corrected chi connectivity index (χ4v) is 1.81. The Labute approximate surface area is 97.6 Å². The van der Waals surface area contributed by atoms with E-state index in [1.54, 1.807) is 12.1 Å². The molecule has 1 heterocycles. The monoisotopic (exact) mass is 231 g/mol. The minimum absolute atomic E-state index is 0.362. The molecular weight excluding hydrogens is 218 g/mol. The first kappa shape index (κ1) is 11.4. The first-order chi connectivity index (χ1) is 8.11. The summed E-state index contributed by atoms with van der Waals surface area (Å²) in [6.07, 6.45) is 1.88. The normalized spacial score (nSPS) is 10.6. The van der Waals surface area contributed by atoms with Gasteiger partial charge in [0, 0.05) is 11.5 Å². The Bertz CT molecular complexity index is 673. The first-order valence-corrected chi connectivity index (χ1v) is 5.51. The third kappa shape index (κ3) is 2.20. The molecule has 2 aromatic rings. The summed E-state index contributed by atoms with van der Waals surface area (Å²) in [5, 5.41) is 9.71. The van der Waals surface area contributed by atoms with Gasteiger partial charge < -0.3 is 10.1 Å². The van der Waals surface area contributed by atoms with Crippen molar-refractivity contribution in [2.45, 2.75) is 19.8 Å². The lowest BCUT2D eigenvalue weighted by molar-refractivity contribution is 0.468. The zero-order valence-corrected chi connectivity index (χ0v) is 9.49. The van der Waals surface area contributed by atoms with Gasteiger partial charge in [-0.05, 0) is 24.1 Å². The zero-order chi connectivity index (χ0) is 12.4. The lowest BCUT2D eigenvalue weighted by Gasteiger charge is -1.98. The van der Waals surface area contributed by atoms with E-state index in [1.807, 2.05) is 6.07 Å². The van der Waals surface area contributed by atoms with E-state index in [0.717, 1.165) is 24.5 Å². The topological polar surface area (TPSA) is 70.2 Å². The number of benzene rings is 1. The van der Waals surface area contributed by atoms with Crippen LogP contribution in [0.4, 0.5) is 0 Å². The quantitative estimate of drug-likeness (QED) is 0.823. The van der Waals surface area contributed by atoms with Gasteiger partial charge in [0.25, 0.3) is 5.56 Å². The summed E-state index contributed by atoms with van der Waals surface area (Å²) in [4.78, 5) is 25.6. The SMILES string of the molecule is CCCc1ccc2c(=O)cc(O)c(=O)[nH]c2c1. The summed E-state index contributed by atoms with van der Waals surface area (Å²) in [5.74, 6) is -0.553. The predicted molar refractivity (Wildman–Crippen MR) is 66.5 cm³/mol. The van der Waals surface area contributed by atoms with Crippen molar-refractivity contribution in [3.05, 3.63) is 50.4 Å². The van der Waals surface area contributed by atoms with E-state index < -0.39 is 11.3 Å². The highest BCUT2D eigenvalue weighted by atomic mass is 16.3. The third-order valence-corrected chi connectivity index (χ3v) is 2.64. The van der Waals surface area contributed by atoms with Crippen LogP contribution in [0, 0.1) is 0 Å². The average Bonchev–Trinajstić information content (AvgIpc) is 2.38. The Balaban J connectivity index is 2.83. The maximum absolute atomic E-state index is 11.7. The molecule has 0 fully saturated rings. The first-order valence-electron chi connectivity index (χ1n) is 5.51. The molecule has 0 saturated heterocycles. The number of H-pyrrole nitrogens is 1. The van der Waals surface area contributed by atoms with Gasteiger partial charge in [0.1, 0.15) is 0 Å². The van der Waals surface area contributed by atoms with E-state index in [-0.39, 0.29) is 5.43 Å². The number of fused-ring (bicyclic) bond motifs is 1. The van der Waals surface area contributed by atoms with Gasteiger partial charge in [-0.25, -0.2) is 0 Å². The van der Waals surface area contributed by atoms with E-state index in [9.17, 15) is 14.7 Å². The minimum atomic E-state index is -0.647. The van der Waals surface area contributed by atoms with Crippen LogP contribution in [-0.4, -0.2) is 10.1 Å². The van der Waals surface area contributed by atoms with Gasteiger partial charge >= 0.3 is 0 Å². The van der Waals surface area contributed by atoms with Crippen molar-refractivity contribution in [1.29, 1.82) is 0 Å². The number of hydrogen-bond donors (Lipinski definition) is 2. The molecule has 4 nitrogen and oxygen atoms in total. The summed E-state index contributed by atoms with van der Waals surface area (Å²) >= 11 is 0. The van der Waals surface area contributed by atoms with E-state index in [4.69, 9.17) is 0 Å². The Morgan fingerprint density at radius 1 is 1.24 bits per heavy atom. The summed E-state index contributed by atoms with van der Waals surface area (Å²) in [5.41, 5.74) is 0.511. The van der Waals surface area contributed by atoms with Crippen molar-refractivity contribution in [3.63, 3.8) is 0 Å². The number of aryl methyl sites for hydroxylation is 1. The van der Waals surface area contributed by atoms with Gasteiger partial charge in [0.05, 0.1) is 5.52 Å². The molecule has 1 aromatic carbocycles. The van der Waals surface area contributed by atoms with E-state index in [2.05, 4.69) is 11.9 Å². The van der Waals surface area contributed by atoms with Crippen LogP contribution >= 0.6 is 0 Å². The highest BCUT2D eigenvalue weighted by Gasteiger charge is 2.03. The molecule has 4 heteroatoms. The van der Waals surface area contributed by atoms with Crippen molar-refractivity contribution in [2.24, 2.45) is 0 Å². The Kier molecular flexibility index (Phi) is 2.95. The van der Waals surface area contributed by atoms with Crippen LogP contribution in [0.1, 0.15) is 18.9 Å². The molecular formula is C13H13NO3. The largest absolute Gasteiger partial charge is 0.503 e. The Hall–Kier alpha value is -2.10. The van der Waals surface area contributed by atoms with Crippen LogP contribution in [0.15, 0.2) is 33.9 Å². The third-order valence-electron chi connectivity index (χ3n) is 2.64. The molecule has 2 N–H and O–H groups in total. The van der Waals surface area contributed by atoms with Gasteiger partial charge in [0.2, 0.25) is 0 Å². The lowest BCUT2D eigenvalue weighted by atomic mass is 10.1. The molecule has 0 bridgehead atoms. The van der Waals surface area contributed by atoms with Crippen LogP contribution in [-0.2, 0) is 6.42 Å². The summed E-state index contributed by atoms with van der Waals surface area (Å²) in [7, 11) is 0. The summed E-state index contributed by atoms with van der Waals surface area (Å²) in [6, 6.07) is 6.27. The molecule has 0 atom stereocenters. The van der Waals surface area contributed by atoms with E-state index in [0.29, 0.717) is 10.9 Å². The maximum atomic E-state index is 11.7. The number of aromatic hydroxyl groups is 1. The second-order valence-corrected chi connectivity index (χ2v) is 3.98. The highest BCUT2D eigenvalue weighted by Crippen LogP contribution is 2.11. The number of rotatable bonds is 2. The number of aromatic amines is 1. The second-order valence-electron chi connectivity index (χ2n) is 3.98.